The van der Waals surface area contributed by atoms with Crippen LogP contribution in [0, 0.1) is 17.8 Å². The van der Waals surface area contributed by atoms with E-state index in [2.05, 4.69) is 0 Å². The van der Waals surface area contributed by atoms with Crippen molar-refractivity contribution in [2.45, 2.75) is 147 Å². The van der Waals surface area contributed by atoms with Gasteiger partial charge in [-0.15, -0.1) is 0 Å². The van der Waals surface area contributed by atoms with Crippen LogP contribution in [0.4, 0.5) is 0 Å². The van der Waals surface area contributed by atoms with Crippen molar-refractivity contribution < 1.29 is 19.0 Å². The molecule has 4 nitrogen and oxygen atoms in total. The molecule has 0 atom stereocenters. The molecule has 0 amide bonds. The lowest BCUT2D eigenvalue weighted by atomic mass is 9.77. The maximum Gasteiger partial charge on any atom is 0.309 e. The van der Waals surface area contributed by atoms with E-state index in [0.29, 0.717) is 12.9 Å². The van der Waals surface area contributed by atoms with E-state index in [4.69, 9.17) is 14.2 Å². The second-order valence-corrected chi connectivity index (χ2v) is 11.3. The number of ether oxygens (including phenoxy) is 3. The highest BCUT2D eigenvalue weighted by molar-refractivity contribution is 5.72. The highest BCUT2D eigenvalue weighted by Gasteiger charge is 2.31. The van der Waals surface area contributed by atoms with Crippen LogP contribution < -0.4 is 0 Å². The SMILES string of the molecule is O=C(OC1CCC(OCOC2CCCCC2)CC1)C1CCC(CCC2CCCCC2)CC1. The molecule has 0 aromatic heterocycles. The van der Waals surface area contributed by atoms with Gasteiger partial charge < -0.3 is 14.2 Å². The van der Waals surface area contributed by atoms with E-state index in [1.165, 1.54) is 89.9 Å². The van der Waals surface area contributed by atoms with Gasteiger partial charge in [0.2, 0.25) is 0 Å². The molecule has 0 aromatic rings. The van der Waals surface area contributed by atoms with Gasteiger partial charge in [-0.2, -0.15) is 0 Å². The lowest BCUT2D eigenvalue weighted by molar-refractivity contribution is -0.162. The first-order chi connectivity index (χ1) is 15.8. The van der Waals surface area contributed by atoms with Crippen molar-refractivity contribution in [3.63, 3.8) is 0 Å². The van der Waals surface area contributed by atoms with Gasteiger partial charge in [0.1, 0.15) is 12.9 Å². The Kier molecular flexibility index (Phi) is 10.2. The van der Waals surface area contributed by atoms with Gasteiger partial charge in [-0.25, -0.2) is 0 Å². The van der Waals surface area contributed by atoms with Gasteiger partial charge in [-0.1, -0.05) is 64.2 Å². The summed E-state index contributed by atoms with van der Waals surface area (Å²) in [4.78, 5) is 12.7. The standard InChI is InChI=1S/C28H48O4/c29-28(24-15-13-23(14-16-24)12-11-22-7-3-1-4-8-22)32-27-19-17-26(18-20-27)31-21-30-25-9-5-2-6-10-25/h22-27H,1-21H2. The molecule has 0 radical (unpaired) electrons. The first-order valence-corrected chi connectivity index (χ1v) is 14.2. The summed E-state index contributed by atoms with van der Waals surface area (Å²) in [7, 11) is 0. The molecule has 4 rings (SSSR count). The summed E-state index contributed by atoms with van der Waals surface area (Å²) in [5.74, 6) is 2.08. The van der Waals surface area contributed by atoms with Crippen LogP contribution >= 0.6 is 0 Å². The van der Waals surface area contributed by atoms with E-state index in [1.807, 2.05) is 0 Å². The Labute approximate surface area is 196 Å². The molecule has 4 heteroatoms. The second kappa shape index (κ2) is 13.3. The summed E-state index contributed by atoms with van der Waals surface area (Å²) >= 11 is 0. The summed E-state index contributed by atoms with van der Waals surface area (Å²) < 4.78 is 17.8. The highest BCUT2D eigenvalue weighted by Crippen LogP contribution is 2.36. The van der Waals surface area contributed by atoms with Crippen molar-refractivity contribution in [2.24, 2.45) is 17.8 Å². The minimum Gasteiger partial charge on any atom is -0.462 e. The van der Waals surface area contributed by atoms with Crippen molar-refractivity contribution in [2.75, 3.05) is 6.79 Å². The minimum absolute atomic E-state index is 0.0840. The lowest BCUT2D eigenvalue weighted by Crippen LogP contribution is -2.32. The molecule has 4 aliphatic rings. The van der Waals surface area contributed by atoms with E-state index < -0.39 is 0 Å². The monoisotopic (exact) mass is 448 g/mol. The Morgan fingerprint density at radius 2 is 1.03 bits per heavy atom. The van der Waals surface area contributed by atoms with Gasteiger partial charge in [-0.05, 0) is 76.0 Å². The summed E-state index contributed by atoms with van der Waals surface area (Å²) in [6.07, 6.45) is 25.6. The predicted octanol–water partition coefficient (Wildman–Crippen LogP) is 7.33. The number of rotatable bonds is 9. The molecule has 0 aliphatic heterocycles. The number of esters is 1. The summed E-state index contributed by atoms with van der Waals surface area (Å²) in [5, 5.41) is 0. The van der Waals surface area contributed by atoms with E-state index in [0.717, 1.165) is 50.4 Å². The van der Waals surface area contributed by atoms with Crippen molar-refractivity contribution >= 4 is 5.97 Å². The molecule has 0 heterocycles. The van der Waals surface area contributed by atoms with Crippen LogP contribution in [0.15, 0.2) is 0 Å². The Balaban J connectivity index is 1.04. The average molecular weight is 449 g/mol. The third kappa shape index (κ3) is 8.01. The molecule has 184 valence electrons. The van der Waals surface area contributed by atoms with Gasteiger partial charge in [0.25, 0.3) is 0 Å². The Bertz CT molecular complexity index is 522. The van der Waals surface area contributed by atoms with Gasteiger partial charge in [0.15, 0.2) is 0 Å². The maximum atomic E-state index is 12.7. The van der Waals surface area contributed by atoms with Gasteiger partial charge in [-0.3, -0.25) is 4.79 Å². The molecule has 4 fully saturated rings. The summed E-state index contributed by atoms with van der Waals surface area (Å²) in [6, 6.07) is 0. The first-order valence-electron chi connectivity index (χ1n) is 14.2. The molecule has 0 unspecified atom stereocenters. The number of hydrogen-bond acceptors (Lipinski definition) is 4. The molecular weight excluding hydrogens is 400 g/mol. The zero-order chi connectivity index (χ0) is 22.0. The highest BCUT2D eigenvalue weighted by atomic mass is 16.7. The van der Waals surface area contributed by atoms with E-state index in [9.17, 15) is 4.79 Å². The number of carbonyl (C=O) groups excluding carboxylic acids is 1. The molecule has 0 N–H and O–H groups in total. The minimum atomic E-state index is 0.0840. The average Bonchev–Trinajstić information content (AvgIpc) is 2.85. The van der Waals surface area contributed by atoms with E-state index in [1.54, 1.807) is 0 Å². The zero-order valence-corrected chi connectivity index (χ0v) is 20.4. The Hall–Kier alpha value is -0.610. The third-order valence-electron chi connectivity index (χ3n) is 8.95. The van der Waals surface area contributed by atoms with Crippen molar-refractivity contribution in [1.29, 1.82) is 0 Å². The van der Waals surface area contributed by atoms with Crippen LogP contribution in [0.3, 0.4) is 0 Å². The predicted molar refractivity (Wildman–Crippen MR) is 127 cm³/mol. The van der Waals surface area contributed by atoms with Crippen molar-refractivity contribution in [3.8, 4) is 0 Å². The Morgan fingerprint density at radius 3 is 1.66 bits per heavy atom. The number of carbonyl (C=O) groups is 1. The summed E-state index contributed by atoms with van der Waals surface area (Å²) in [5.41, 5.74) is 0. The van der Waals surface area contributed by atoms with Crippen LogP contribution in [0.25, 0.3) is 0 Å². The fourth-order valence-corrected chi connectivity index (χ4v) is 6.67. The quantitative estimate of drug-likeness (QED) is 0.273. The first kappa shape index (κ1) is 24.5. The van der Waals surface area contributed by atoms with Crippen molar-refractivity contribution in [3.05, 3.63) is 0 Å². The topological polar surface area (TPSA) is 44.8 Å². The fourth-order valence-electron chi connectivity index (χ4n) is 6.67. The largest absolute Gasteiger partial charge is 0.462 e. The Morgan fingerprint density at radius 1 is 0.531 bits per heavy atom. The third-order valence-corrected chi connectivity index (χ3v) is 8.95. The summed E-state index contributed by atoms with van der Waals surface area (Å²) in [6.45, 7) is 0.434. The zero-order valence-electron chi connectivity index (χ0n) is 20.4. The number of hydrogen-bond donors (Lipinski definition) is 0. The van der Waals surface area contributed by atoms with Crippen LogP contribution in [-0.4, -0.2) is 31.1 Å². The lowest BCUT2D eigenvalue weighted by Gasteiger charge is -2.32. The normalized spacial score (nSPS) is 33.1. The molecule has 32 heavy (non-hydrogen) atoms. The van der Waals surface area contributed by atoms with Gasteiger partial charge in [0, 0.05) is 0 Å². The smallest absolute Gasteiger partial charge is 0.309 e. The molecule has 0 bridgehead atoms. The van der Waals surface area contributed by atoms with Crippen LogP contribution in [0.5, 0.6) is 0 Å². The second-order valence-electron chi connectivity index (χ2n) is 11.3. The molecule has 4 aliphatic carbocycles. The van der Waals surface area contributed by atoms with Crippen LogP contribution in [-0.2, 0) is 19.0 Å². The molecule has 0 spiro atoms. The maximum absolute atomic E-state index is 12.7. The van der Waals surface area contributed by atoms with Crippen LogP contribution in [0.2, 0.25) is 0 Å². The van der Waals surface area contributed by atoms with E-state index >= 15 is 0 Å². The van der Waals surface area contributed by atoms with Gasteiger partial charge >= 0.3 is 5.97 Å². The molecular formula is C28H48O4. The molecule has 4 saturated carbocycles. The fraction of sp³-hybridized carbons (Fsp3) is 0.964. The molecule has 0 saturated heterocycles. The van der Waals surface area contributed by atoms with Crippen LogP contribution in [0.1, 0.15) is 128 Å². The molecule has 0 aromatic carbocycles. The van der Waals surface area contributed by atoms with Crippen molar-refractivity contribution in [1.82, 2.24) is 0 Å². The van der Waals surface area contributed by atoms with Gasteiger partial charge in [0.05, 0.1) is 18.1 Å². The van der Waals surface area contributed by atoms with E-state index in [-0.39, 0.29) is 24.1 Å².